The largest absolute Gasteiger partial charge is 0.461 e. The van der Waals surface area contributed by atoms with Crippen LogP contribution in [0.4, 0.5) is 0 Å². The molecule has 10 heteroatoms. The third-order valence-corrected chi connectivity index (χ3v) is 21.3. The molecule has 0 aromatic heterocycles. The summed E-state index contributed by atoms with van der Waals surface area (Å²) in [4.78, 5) is 12.9. The monoisotopic (exact) mass is 734 g/mol. The van der Waals surface area contributed by atoms with Crippen LogP contribution in [-0.2, 0) is 43.9 Å². The number of fused-ring (bicyclic) bond motifs is 1. The van der Waals surface area contributed by atoms with E-state index in [0.717, 1.165) is 55.8 Å². The zero-order valence-corrected chi connectivity index (χ0v) is 35.3. The van der Waals surface area contributed by atoms with Gasteiger partial charge in [-0.15, -0.1) is 0 Å². The number of hydrogen-bond acceptors (Lipinski definition) is 8. The number of benzene rings is 1. The van der Waals surface area contributed by atoms with Gasteiger partial charge < -0.3 is 32.5 Å². The topological polar surface area (TPSA) is 81.7 Å². The Morgan fingerprint density at radius 2 is 1.64 bits per heavy atom. The SMILES string of the molecule is CCC(O[C@H]1CO[C@@H]2[C@H](C1)O[C@]1(C[C@H](C)CC(CC(=O)OCc3ccccc3)O1)C[C@@H]2C)C(CO[Si](C)(C)C(C)(C)C)O[Si](CC)(CC)CC. The highest BCUT2D eigenvalue weighted by Gasteiger charge is 2.53. The fraction of sp³-hybridized carbons (Fsp3) is 0.825. The Balaban J connectivity index is 1.43. The van der Waals surface area contributed by atoms with Crippen LogP contribution >= 0.6 is 0 Å². The van der Waals surface area contributed by atoms with Gasteiger partial charge in [-0.05, 0) is 66.5 Å². The summed E-state index contributed by atoms with van der Waals surface area (Å²) in [6.45, 7) is 26.4. The maximum absolute atomic E-state index is 12.9. The number of hydrogen-bond donors (Lipinski definition) is 0. The second-order valence-electron chi connectivity index (χ2n) is 17.1. The molecule has 0 aliphatic carbocycles. The third kappa shape index (κ3) is 10.7. The third-order valence-electron chi connectivity index (χ3n) is 12.2. The summed E-state index contributed by atoms with van der Waals surface area (Å²) in [5, 5.41) is 0.117. The molecule has 1 aromatic rings. The van der Waals surface area contributed by atoms with Crippen molar-refractivity contribution in [1.29, 1.82) is 0 Å². The van der Waals surface area contributed by atoms with Crippen LogP contribution in [0.3, 0.4) is 0 Å². The molecular formula is C40H70O8Si2. The molecule has 50 heavy (non-hydrogen) atoms. The van der Waals surface area contributed by atoms with Gasteiger partial charge in [-0.25, -0.2) is 0 Å². The van der Waals surface area contributed by atoms with E-state index in [4.69, 9.17) is 32.5 Å². The summed E-state index contributed by atoms with van der Waals surface area (Å²) in [6, 6.07) is 13.1. The lowest BCUT2D eigenvalue weighted by Gasteiger charge is -2.53. The van der Waals surface area contributed by atoms with Crippen molar-refractivity contribution in [3.8, 4) is 0 Å². The van der Waals surface area contributed by atoms with E-state index < -0.39 is 22.4 Å². The molecule has 3 aliphatic heterocycles. The van der Waals surface area contributed by atoms with Crippen molar-refractivity contribution in [3.05, 3.63) is 35.9 Å². The first-order valence-corrected chi connectivity index (χ1v) is 25.1. The molecule has 3 fully saturated rings. The quantitative estimate of drug-likeness (QED) is 0.123. The van der Waals surface area contributed by atoms with E-state index in [9.17, 15) is 4.79 Å². The lowest BCUT2D eigenvalue weighted by molar-refractivity contribution is -0.360. The van der Waals surface area contributed by atoms with Crippen LogP contribution in [0.5, 0.6) is 0 Å². The molecule has 286 valence electrons. The Kier molecular flexibility index (Phi) is 14.8. The van der Waals surface area contributed by atoms with Gasteiger partial charge in [-0.2, -0.15) is 0 Å². The maximum Gasteiger partial charge on any atom is 0.308 e. The fourth-order valence-electron chi connectivity index (χ4n) is 7.98. The fourth-order valence-corrected chi connectivity index (χ4v) is 11.9. The van der Waals surface area contributed by atoms with Crippen LogP contribution in [0.25, 0.3) is 0 Å². The highest BCUT2D eigenvalue weighted by Crippen LogP contribution is 2.47. The molecule has 0 amide bonds. The van der Waals surface area contributed by atoms with Crippen molar-refractivity contribution in [3.63, 3.8) is 0 Å². The highest BCUT2D eigenvalue weighted by atomic mass is 28.4. The average Bonchev–Trinajstić information content (AvgIpc) is 3.06. The number of rotatable bonds is 16. The van der Waals surface area contributed by atoms with E-state index in [1.807, 2.05) is 30.3 Å². The molecule has 3 aliphatic rings. The molecular weight excluding hydrogens is 665 g/mol. The van der Waals surface area contributed by atoms with Gasteiger partial charge in [-0.1, -0.05) is 92.6 Å². The van der Waals surface area contributed by atoms with Gasteiger partial charge in [0.1, 0.15) is 6.61 Å². The number of esters is 1. The van der Waals surface area contributed by atoms with Crippen LogP contribution in [0, 0.1) is 11.8 Å². The molecule has 3 unspecified atom stereocenters. The molecule has 0 bridgehead atoms. The van der Waals surface area contributed by atoms with Gasteiger partial charge in [-0.3, -0.25) is 4.79 Å². The van der Waals surface area contributed by atoms with E-state index in [2.05, 4.69) is 75.4 Å². The molecule has 3 heterocycles. The minimum Gasteiger partial charge on any atom is -0.461 e. The Morgan fingerprint density at radius 1 is 0.960 bits per heavy atom. The molecule has 8 nitrogen and oxygen atoms in total. The molecule has 4 rings (SSSR count). The van der Waals surface area contributed by atoms with E-state index in [0.29, 0.717) is 19.1 Å². The lowest BCUT2D eigenvalue weighted by atomic mass is 9.79. The van der Waals surface area contributed by atoms with Crippen molar-refractivity contribution < 1.29 is 37.3 Å². The van der Waals surface area contributed by atoms with Crippen LogP contribution in [0.15, 0.2) is 30.3 Å². The standard InChI is InChI=1S/C40H70O8Si2/c1-12-34(36(48-50(13-2,14-3)15-4)28-44-49(10,11)39(7,8)9)45-33-22-35-38(43-27-33)30(6)25-40(47-35)24-29(5)21-32(46-40)23-37(41)42-26-31-19-17-16-18-20-31/h16-20,29-30,32-36,38H,12-15,21-28H2,1-11H3/t29-,30+,32?,33-,34?,35+,36?,38+,40-/m1/s1. The van der Waals surface area contributed by atoms with Crippen molar-refractivity contribution in [2.45, 2.75) is 186 Å². The lowest BCUT2D eigenvalue weighted by Crippen LogP contribution is -2.60. The van der Waals surface area contributed by atoms with Gasteiger partial charge in [0.25, 0.3) is 0 Å². The molecule has 0 N–H and O–H groups in total. The first-order chi connectivity index (χ1) is 23.6. The summed E-state index contributed by atoms with van der Waals surface area (Å²) >= 11 is 0. The predicted molar refractivity (Wildman–Crippen MR) is 204 cm³/mol. The smallest absolute Gasteiger partial charge is 0.308 e. The van der Waals surface area contributed by atoms with Crippen molar-refractivity contribution in [2.24, 2.45) is 11.8 Å². The van der Waals surface area contributed by atoms with E-state index >= 15 is 0 Å². The van der Waals surface area contributed by atoms with Crippen LogP contribution < -0.4 is 0 Å². The van der Waals surface area contributed by atoms with Crippen molar-refractivity contribution in [2.75, 3.05) is 13.2 Å². The molecule has 1 aromatic carbocycles. The Bertz CT molecular complexity index is 1180. The summed E-state index contributed by atoms with van der Waals surface area (Å²) in [5.41, 5.74) is 0.980. The first-order valence-electron chi connectivity index (χ1n) is 19.7. The summed E-state index contributed by atoms with van der Waals surface area (Å²) in [5.74, 6) is -0.359. The normalized spacial score (nSPS) is 30.5. The second-order valence-corrected chi connectivity index (χ2v) is 26.6. The zero-order valence-electron chi connectivity index (χ0n) is 33.3. The first kappa shape index (κ1) is 41.6. The van der Waals surface area contributed by atoms with Gasteiger partial charge in [0.2, 0.25) is 0 Å². The molecule has 9 atom stereocenters. The summed E-state index contributed by atoms with van der Waals surface area (Å²) in [7, 11) is -3.92. The Labute approximate surface area is 306 Å². The number of carbonyl (C=O) groups is 1. The van der Waals surface area contributed by atoms with Gasteiger partial charge in [0.15, 0.2) is 22.4 Å². The van der Waals surface area contributed by atoms with E-state index in [1.54, 1.807) is 0 Å². The van der Waals surface area contributed by atoms with Gasteiger partial charge >= 0.3 is 5.97 Å². The zero-order chi connectivity index (χ0) is 36.7. The molecule has 3 saturated heterocycles. The predicted octanol–water partition coefficient (Wildman–Crippen LogP) is 9.42. The van der Waals surface area contributed by atoms with E-state index in [-0.39, 0.29) is 66.6 Å². The second kappa shape index (κ2) is 17.8. The summed E-state index contributed by atoms with van der Waals surface area (Å²) < 4.78 is 46.8. The minimum absolute atomic E-state index is 0.00929. The number of ether oxygens (including phenoxy) is 5. The molecule has 1 spiro atoms. The molecule has 0 saturated carbocycles. The van der Waals surface area contributed by atoms with Crippen LogP contribution in [0.1, 0.15) is 106 Å². The Hall–Kier alpha value is -1.12. The number of carbonyl (C=O) groups excluding carboxylic acids is 1. The Morgan fingerprint density at radius 3 is 2.26 bits per heavy atom. The molecule has 0 radical (unpaired) electrons. The average molecular weight is 735 g/mol. The minimum atomic E-state index is -1.99. The van der Waals surface area contributed by atoms with Gasteiger partial charge in [0, 0.05) is 19.3 Å². The van der Waals surface area contributed by atoms with Crippen molar-refractivity contribution in [1.82, 2.24) is 0 Å². The van der Waals surface area contributed by atoms with Crippen molar-refractivity contribution >= 4 is 22.6 Å². The maximum atomic E-state index is 12.9. The van der Waals surface area contributed by atoms with Crippen LogP contribution in [0.2, 0.25) is 36.3 Å². The van der Waals surface area contributed by atoms with Crippen LogP contribution in [-0.4, -0.2) is 78.2 Å². The highest BCUT2D eigenvalue weighted by molar-refractivity contribution is 6.74. The van der Waals surface area contributed by atoms with Gasteiger partial charge in [0.05, 0.1) is 56.3 Å². The summed E-state index contributed by atoms with van der Waals surface area (Å²) in [6.07, 6.45) is 3.41. The van der Waals surface area contributed by atoms with E-state index in [1.165, 1.54) is 0 Å².